The first kappa shape index (κ1) is 13.2. The van der Waals surface area contributed by atoms with Crippen molar-refractivity contribution < 1.29 is 13.2 Å². The Morgan fingerprint density at radius 1 is 1.44 bits per heavy atom. The summed E-state index contributed by atoms with van der Waals surface area (Å²) in [6.07, 6.45) is 0.639. The number of hydrogen-bond acceptors (Lipinski definition) is 3. The number of likely N-dealkylation sites (tertiary alicyclic amines) is 1. The lowest BCUT2D eigenvalue weighted by Crippen LogP contribution is -2.44. The molecule has 1 fully saturated rings. The van der Waals surface area contributed by atoms with Gasteiger partial charge in [0.05, 0.1) is 0 Å². The molecule has 1 heterocycles. The molecule has 16 heavy (non-hydrogen) atoms. The van der Waals surface area contributed by atoms with Crippen LogP contribution in [-0.2, 0) is 10.2 Å². The van der Waals surface area contributed by atoms with Crippen molar-refractivity contribution in [2.24, 2.45) is 0 Å². The SMILES string of the molecule is CNC(=O)N1CC[C@@H](NS(=O)(=O)N(C)C)C1. The molecule has 2 N–H and O–H groups in total. The van der Waals surface area contributed by atoms with Crippen LogP contribution in [0.3, 0.4) is 0 Å². The van der Waals surface area contributed by atoms with Gasteiger partial charge in [-0.05, 0) is 6.42 Å². The molecule has 2 amide bonds. The Balaban J connectivity index is 2.52. The summed E-state index contributed by atoms with van der Waals surface area (Å²) in [5.74, 6) is 0. The molecule has 0 aromatic rings. The molecule has 7 nitrogen and oxygen atoms in total. The zero-order valence-electron chi connectivity index (χ0n) is 9.73. The highest BCUT2D eigenvalue weighted by molar-refractivity contribution is 7.87. The molecule has 8 heteroatoms. The highest BCUT2D eigenvalue weighted by Gasteiger charge is 2.29. The van der Waals surface area contributed by atoms with Crippen molar-refractivity contribution in [1.82, 2.24) is 19.2 Å². The van der Waals surface area contributed by atoms with E-state index in [-0.39, 0.29) is 12.1 Å². The Morgan fingerprint density at radius 2 is 2.06 bits per heavy atom. The number of amides is 2. The molecule has 1 aliphatic rings. The van der Waals surface area contributed by atoms with Crippen molar-refractivity contribution in [1.29, 1.82) is 0 Å². The third-order valence-electron chi connectivity index (χ3n) is 2.49. The molecule has 1 atom stereocenters. The molecule has 1 saturated heterocycles. The van der Waals surface area contributed by atoms with Crippen LogP contribution in [0.5, 0.6) is 0 Å². The van der Waals surface area contributed by atoms with Crippen molar-refractivity contribution in [2.75, 3.05) is 34.2 Å². The van der Waals surface area contributed by atoms with Gasteiger partial charge in [0.15, 0.2) is 0 Å². The second kappa shape index (κ2) is 4.98. The zero-order valence-corrected chi connectivity index (χ0v) is 10.5. The van der Waals surface area contributed by atoms with Gasteiger partial charge in [0, 0.05) is 40.3 Å². The Bertz CT molecular complexity index is 354. The summed E-state index contributed by atoms with van der Waals surface area (Å²) < 4.78 is 26.7. The van der Waals surface area contributed by atoms with E-state index in [2.05, 4.69) is 10.0 Å². The van der Waals surface area contributed by atoms with Crippen molar-refractivity contribution in [3.05, 3.63) is 0 Å². The Hall–Kier alpha value is -0.860. The van der Waals surface area contributed by atoms with E-state index < -0.39 is 10.2 Å². The first-order valence-corrected chi connectivity index (χ1v) is 6.47. The maximum Gasteiger partial charge on any atom is 0.317 e. The van der Waals surface area contributed by atoms with Gasteiger partial charge in [-0.25, -0.2) is 4.79 Å². The van der Waals surface area contributed by atoms with Gasteiger partial charge in [0.1, 0.15) is 0 Å². The number of urea groups is 1. The first-order chi connectivity index (χ1) is 7.36. The van der Waals surface area contributed by atoms with Crippen molar-refractivity contribution >= 4 is 16.2 Å². The van der Waals surface area contributed by atoms with Crippen LogP contribution in [0, 0.1) is 0 Å². The quantitative estimate of drug-likeness (QED) is 0.660. The molecule has 0 saturated carbocycles. The third kappa shape index (κ3) is 3.06. The van der Waals surface area contributed by atoms with Crippen LogP contribution >= 0.6 is 0 Å². The summed E-state index contributed by atoms with van der Waals surface area (Å²) >= 11 is 0. The fourth-order valence-corrected chi connectivity index (χ4v) is 2.34. The number of rotatable bonds is 3. The Morgan fingerprint density at radius 3 is 2.56 bits per heavy atom. The van der Waals surface area contributed by atoms with Gasteiger partial charge in [0.25, 0.3) is 10.2 Å². The summed E-state index contributed by atoms with van der Waals surface area (Å²) in [4.78, 5) is 12.9. The van der Waals surface area contributed by atoms with E-state index in [1.165, 1.54) is 14.1 Å². The summed E-state index contributed by atoms with van der Waals surface area (Å²) in [6, 6.07) is -0.378. The molecule has 1 rings (SSSR count). The van der Waals surface area contributed by atoms with E-state index in [4.69, 9.17) is 0 Å². The minimum absolute atomic E-state index is 0.174. The molecular formula is C8H18N4O3S. The molecule has 0 aromatic carbocycles. The standard InChI is InChI=1S/C8H18N4O3S/c1-9-8(13)12-5-4-7(6-12)10-16(14,15)11(2)3/h7,10H,4-6H2,1-3H3,(H,9,13)/t7-/m1/s1. The smallest absolute Gasteiger partial charge is 0.317 e. The molecule has 0 aliphatic carbocycles. The summed E-state index contributed by atoms with van der Waals surface area (Å²) in [5.41, 5.74) is 0. The lowest BCUT2D eigenvalue weighted by molar-refractivity contribution is 0.210. The summed E-state index contributed by atoms with van der Waals surface area (Å²) in [5, 5.41) is 2.51. The van der Waals surface area contributed by atoms with E-state index in [9.17, 15) is 13.2 Å². The minimum atomic E-state index is -3.41. The summed E-state index contributed by atoms with van der Waals surface area (Å²) in [6.45, 7) is 0.979. The third-order valence-corrected chi connectivity index (χ3v) is 4.08. The number of hydrogen-bond donors (Lipinski definition) is 2. The fraction of sp³-hybridized carbons (Fsp3) is 0.875. The molecule has 0 aromatic heterocycles. The average Bonchev–Trinajstić information content (AvgIpc) is 2.64. The molecule has 1 aliphatic heterocycles. The molecule has 0 spiro atoms. The average molecular weight is 250 g/mol. The highest BCUT2D eigenvalue weighted by Crippen LogP contribution is 2.10. The lowest BCUT2D eigenvalue weighted by atomic mass is 10.3. The molecule has 0 radical (unpaired) electrons. The largest absolute Gasteiger partial charge is 0.341 e. The van der Waals surface area contributed by atoms with Gasteiger partial charge in [-0.1, -0.05) is 0 Å². The predicted octanol–water partition coefficient (Wildman–Crippen LogP) is -1.20. The molecular weight excluding hydrogens is 232 g/mol. The minimum Gasteiger partial charge on any atom is -0.341 e. The molecule has 94 valence electrons. The lowest BCUT2D eigenvalue weighted by Gasteiger charge is -2.18. The van der Waals surface area contributed by atoms with Crippen molar-refractivity contribution in [2.45, 2.75) is 12.5 Å². The predicted molar refractivity (Wildman–Crippen MR) is 60.2 cm³/mol. The number of nitrogens with one attached hydrogen (secondary N) is 2. The van der Waals surface area contributed by atoms with Crippen molar-refractivity contribution in [3.63, 3.8) is 0 Å². The van der Waals surface area contributed by atoms with Gasteiger partial charge in [-0.3, -0.25) is 0 Å². The maximum atomic E-state index is 11.5. The number of nitrogens with zero attached hydrogens (tertiary/aromatic N) is 2. The van der Waals surface area contributed by atoms with Crippen LogP contribution in [0.15, 0.2) is 0 Å². The van der Waals surface area contributed by atoms with Gasteiger partial charge in [-0.2, -0.15) is 17.4 Å². The van der Waals surface area contributed by atoms with E-state index in [1.807, 2.05) is 0 Å². The van der Waals surface area contributed by atoms with Crippen molar-refractivity contribution in [3.8, 4) is 0 Å². The topological polar surface area (TPSA) is 81.8 Å². The highest BCUT2D eigenvalue weighted by atomic mass is 32.2. The molecule has 0 unspecified atom stereocenters. The van der Waals surface area contributed by atoms with E-state index in [1.54, 1.807) is 11.9 Å². The van der Waals surface area contributed by atoms with Crippen LogP contribution in [0.2, 0.25) is 0 Å². The van der Waals surface area contributed by atoms with Crippen LogP contribution in [0.1, 0.15) is 6.42 Å². The first-order valence-electron chi connectivity index (χ1n) is 5.03. The Labute approximate surface area is 96.0 Å². The van der Waals surface area contributed by atoms with E-state index in [0.29, 0.717) is 19.5 Å². The van der Waals surface area contributed by atoms with Gasteiger partial charge >= 0.3 is 6.03 Å². The number of carbonyl (C=O) groups excluding carboxylic acids is 1. The van der Waals surface area contributed by atoms with Crippen LogP contribution < -0.4 is 10.0 Å². The van der Waals surface area contributed by atoms with Crippen LogP contribution in [0.25, 0.3) is 0 Å². The normalized spacial score (nSPS) is 21.5. The molecule has 0 bridgehead atoms. The second-order valence-electron chi connectivity index (χ2n) is 3.89. The van der Waals surface area contributed by atoms with E-state index >= 15 is 0 Å². The number of carbonyl (C=O) groups is 1. The van der Waals surface area contributed by atoms with Gasteiger partial charge < -0.3 is 10.2 Å². The van der Waals surface area contributed by atoms with Gasteiger partial charge in [-0.15, -0.1) is 0 Å². The second-order valence-corrected chi connectivity index (χ2v) is 5.81. The summed E-state index contributed by atoms with van der Waals surface area (Å²) in [7, 11) is 1.07. The van der Waals surface area contributed by atoms with Crippen LogP contribution in [0.4, 0.5) is 4.79 Å². The monoisotopic (exact) mass is 250 g/mol. The maximum absolute atomic E-state index is 11.5. The van der Waals surface area contributed by atoms with Crippen LogP contribution in [-0.4, -0.2) is 63.9 Å². The van der Waals surface area contributed by atoms with Gasteiger partial charge in [0.2, 0.25) is 0 Å². The fourth-order valence-electron chi connectivity index (χ4n) is 1.52. The zero-order chi connectivity index (χ0) is 12.3. The Kier molecular flexibility index (Phi) is 4.11. The van der Waals surface area contributed by atoms with E-state index in [0.717, 1.165) is 4.31 Å².